The SMILES string of the molecule is COc1ccc(Br)c(NCc2ccc(Cl)c([N+](=O)[O-])c2)c1. The van der Waals surface area contributed by atoms with Gasteiger partial charge in [-0.05, 0) is 39.7 Å². The van der Waals surface area contributed by atoms with Crippen molar-refractivity contribution in [3.8, 4) is 5.75 Å². The number of hydrogen-bond donors (Lipinski definition) is 1. The average molecular weight is 372 g/mol. The molecule has 0 bridgehead atoms. The van der Waals surface area contributed by atoms with Crippen molar-refractivity contribution in [2.75, 3.05) is 12.4 Å². The topological polar surface area (TPSA) is 64.4 Å². The van der Waals surface area contributed by atoms with E-state index in [0.717, 1.165) is 21.5 Å². The number of ether oxygens (including phenoxy) is 1. The number of rotatable bonds is 5. The fourth-order valence-corrected chi connectivity index (χ4v) is 2.35. The molecule has 0 radical (unpaired) electrons. The van der Waals surface area contributed by atoms with Gasteiger partial charge in [0, 0.05) is 23.2 Å². The van der Waals surface area contributed by atoms with Gasteiger partial charge in [0.25, 0.3) is 5.69 Å². The molecule has 110 valence electrons. The van der Waals surface area contributed by atoms with E-state index in [-0.39, 0.29) is 10.7 Å². The number of hydrogen-bond acceptors (Lipinski definition) is 4. The highest BCUT2D eigenvalue weighted by molar-refractivity contribution is 9.10. The lowest BCUT2D eigenvalue weighted by molar-refractivity contribution is -0.384. The Morgan fingerprint density at radius 2 is 2.10 bits per heavy atom. The van der Waals surface area contributed by atoms with Crippen LogP contribution in [0.4, 0.5) is 11.4 Å². The first-order valence-electron chi connectivity index (χ1n) is 6.01. The molecule has 0 atom stereocenters. The molecule has 0 aliphatic carbocycles. The molecule has 2 aromatic carbocycles. The fraction of sp³-hybridized carbons (Fsp3) is 0.143. The molecule has 0 unspecified atom stereocenters. The van der Waals surface area contributed by atoms with Crippen LogP contribution in [-0.2, 0) is 6.54 Å². The van der Waals surface area contributed by atoms with Gasteiger partial charge in [-0.1, -0.05) is 17.7 Å². The van der Waals surface area contributed by atoms with Gasteiger partial charge in [-0.2, -0.15) is 0 Å². The summed E-state index contributed by atoms with van der Waals surface area (Å²) in [5.74, 6) is 0.725. The third-order valence-corrected chi connectivity index (χ3v) is 3.87. The van der Waals surface area contributed by atoms with Crippen molar-refractivity contribution < 1.29 is 9.66 Å². The van der Waals surface area contributed by atoms with Gasteiger partial charge in [0.05, 0.1) is 17.7 Å². The Kier molecular flexibility index (Phi) is 5.03. The van der Waals surface area contributed by atoms with Crippen molar-refractivity contribution in [2.45, 2.75) is 6.54 Å². The normalized spacial score (nSPS) is 10.2. The molecule has 1 N–H and O–H groups in total. The minimum absolute atomic E-state index is 0.0966. The van der Waals surface area contributed by atoms with E-state index in [1.165, 1.54) is 12.1 Å². The van der Waals surface area contributed by atoms with Crippen LogP contribution in [0.2, 0.25) is 5.02 Å². The van der Waals surface area contributed by atoms with E-state index in [1.807, 2.05) is 18.2 Å². The summed E-state index contributed by atoms with van der Waals surface area (Å²) in [5.41, 5.74) is 1.51. The minimum atomic E-state index is -0.493. The van der Waals surface area contributed by atoms with Crippen molar-refractivity contribution in [3.05, 3.63) is 61.6 Å². The summed E-state index contributed by atoms with van der Waals surface area (Å²) >= 11 is 9.22. The van der Waals surface area contributed by atoms with Crippen molar-refractivity contribution >= 4 is 38.9 Å². The van der Waals surface area contributed by atoms with Crippen LogP contribution in [0.15, 0.2) is 40.9 Å². The maximum absolute atomic E-state index is 10.9. The number of anilines is 1. The van der Waals surface area contributed by atoms with Crippen LogP contribution < -0.4 is 10.1 Å². The number of nitro groups is 1. The van der Waals surface area contributed by atoms with Gasteiger partial charge in [0.15, 0.2) is 0 Å². The second-order valence-corrected chi connectivity index (χ2v) is 5.50. The van der Waals surface area contributed by atoms with E-state index < -0.39 is 4.92 Å². The predicted octanol–water partition coefficient (Wildman–Crippen LogP) is 4.63. The van der Waals surface area contributed by atoms with E-state index in [9.17, 15) is 10.1 Å². The second kappa shape index (κ2) is 6.78. The number of halogens is 2. The first-order chi connectivity index (χ1) is 10.0. The summed E-state index contributed by atoms with van der Waals surface area (Å²) in [7, 11) is 1.59. The second-order valence-electron chi connectivity index (χ2n) is 4.24. The molecule has 7 heteroatoms. The summed E-state index contributed by atoms with van der Waals surface area (Å²) in [6, 6.07) is 10.3. The molecule has 0 aliphatic heterocycles. The summed E-state index contributed by atoms with van der Waals surface area (Å²) in [6.45, 7) is 0.434. The van der Waals surface area contributed by atoms with E-state index in [1.54, 1.807) is 13.2 Å². The Labute approximate surface area is 135 Å². The van der Waals surface area contributed by atoms with Crippen molar-refractivity contribution in [1.82, 2.24) is 0 Å². The van der Waals surface area contributed by atoms with Crippen LogP contribution in [0.1, 0.15) is 5.56 Å². The van der Waals surface area contributed by atoms with Crippen LogP contribution >= 0.6 is 27.5 Å². The largest absolute Gasteiger partial charge is 0.497 e. The zero-order chi connectivity index (χ0) is 15.4. The van der Waals surface area contributed by atoms with E-state index >= 15 is 0 Å². The maximum Gasteiger partial charge on any atom is 0.288 e. The van der Waals surface area contributed by atoms with Crippen LogP contribution in [0.3, 0.4) is 0 Å². The summed E-state index contributed by atoms with van der Waals surface area (Å²) < 4.78 is 6.04. The average Bonchev–Trinajstić information content (AvgIpc) is 2.47. The third-order valence-electron chi connectivity index (χ3n) is 2.86. The number of nitrogens with zero attached hydrogens (tertiary/aromatic N) is 1. The van der Waals surface area contributed by atoms with Crippen LogP contribution in [0, 0.1) is 10.1 Å². The van der Waals surface area contributed by atoms with Crippen molar-refractivity contribution in [3.63, 3.8) is 0 Å². The number of nitrogens with one attached hydrogen (secondary N) is 1. The van der Waals surface area contributed by atoms with Crippen LogP contribution in [-0.4, -0.2) is 12.0 Å². The van der Waals surface area contributed by atoms with Gasteiger partial charge in [0.2, 0.25) is 0 Å². The first kappa shape index (κ1) is 15.6. The van der Waals surface area contributed by atoms with Gasteiger partial charge < -0.3 is 10.1 Å². The Morgan fingerprint density at radius 3 is 2.76 bits per heavy atom. The molecule has 0 saturated heterocycles. The monoisotopic (exact) mass is 370 g/mol. The highest BCUT2D eigenvalue weighted by Gasteiger charge is 2.12. The molecule has 21 heavy (non-hydrogen) atoms. The van der Waals surface area contributed by atoms with E-state index in [2.05, 4.69) is 21.2 Å². The zero-order valence-corrected chi connectivity index (χ0v) is 13.4. The lowest BCUT2D eigenvalue weighted by Crippen LogP contribution is -2.01. The highest BCUT2D eigenvalue weighted by Crippen LogP contribution is 2.29. The molecule has 0 fully saturated rings. The molecule has 0 aromatic heterocycles. The Hall–Kier alpha value is -1.79. The third kappa shape index (κ3) is 3.86. The molecule has 0 amide bonds. The minimum Gasteiger partial charge on any atom is -0.497 e. The lowest BCUT2D eigenvalue weighted by atomic mass is 10.2. The molecule has 0 saturated carbocycles. The van der Waals surface area contributed by atoms with E-state index in [4.69, 9.17) is 16.3 Å². The lowest BCUT2D eigenvalue weighted by Gasteiger charge is -2.10. The molecule has 2 aromatic rings. The van der Waals surface area contributed by atoms with Crippen molar-refractivity contribution in [2.24, 2.45) is 0 Å². The van der Waals surface area contributed by atoms with Gasteiger partial charge >= 0.3 is 0 Å². The predicted molar refractivity (Wildman–Crippen MR) is 86.1 cm³/mol. The molecule has 2 rings (SSSR count). The van der Waals surface area contributed by atoms with Crippen LogP contribution in [0.25, 0.3) is 0 Å². The number of methoxy groups -OCH3 is 1. The van der Waals surface area contributed by atoms with Crippen molar-refractivity contribution in [1.29, 1.82) is 0 Å². The number of nitro benzene ring substituents is 1. The first-order valence-corrected chi connectivity index (χ1v) is 7.18. The molecular formula is C14H12BrClN2O3. The van der Waals surface area contributed by atoms with Gasteiger partial charge in [-0.15, -0.1) is 0 Å². The molecular weight excluding hydrogens is 360 g/mol. The maximum atomic E-state index is 10.9. The smallest absolute Gasteiger partial charge is 0.288 e. The van der Waals surface area contributed by atoms with Crippen LogP contribution in [0.5, 0.6) is 5.75 Å². The van der Waals surface area contributed by atoms with Gasteiger partial charge in [0.1, 0.15) is 10.8 Å². The Balaban J connectivity index is 2.16. The standard InChI is InChI=1S/C14H12BrClN2O3/c1-21-10-3-4-11(15)13(7-10)17-8-9-2-5-12(16)14(6-9)18(19)20/h2-7,17H,8H2,1H3. The van der Waals surface area contributed by atoms with E-state index in [0.29, 0.717) is 6.54 Å². The molecule has 0 spiro atoms. The molecule has 0 aliphatic rings. The van der Waals surface area contributed by atoms with Gasteiger partial charge in [-0.25, -0.2) is 0 Å². The Morgan fingerprint density at radius 1 is 1.33 bits per heavy atom. The zero-order valence-electron chi connectivity index (χ0n) is 11.1. The highest BCUT2D eigenvalue weighted by atomic mass is 79.9. The van der Waals surface area contributed by atoms with Gasteiger partial charge in [-0.3, -0.25) is 10.1 Å². The number of benzene rings is 2. The fourth-order valence-electron chi connectivity index (χ4n) is 1.77. The molecule has 5 nitrogen and oxygen atoms in total. The quantitative estimate of drug-likeness (QED) is 0.614. The summed E-state index contributed by atoms with van der Waals surface area (Å²) in [6.07, 6.45) is 0. The summed E-state index contributed by atoms with van der Waals surface area (Å²) in [4.78, 5) is 10.4. The molecule has 0 heterocycles. The Bertz CT molecular complexity index is 679. The summed E-state index contributed by atoms with van der Waals surface area (Å²) in [5, 5.41) is 14.2.